The molecule has 1 aliphatic heterocycles. The number of anilines is 1. The molecule has 0 saturated carbocycles. The minimum Gasteiger partial charge on any atom is -0.481 e. The van der Waals surface area contributed by atoms with Crippen LogP contribution in [0.2, 0.25) is 0 Å². The Labute approximate surface area is 114 Å². The number of hydrogen-bond acceptors (Lipinski definition) is 4. The molecule has 0 aromatic heterocycles. The molecule has 0 bridgehead atoms. The van der Waals surface area contributed by atoms with Crippen LogP contribution in [0, 0.1) is 11.2 Å². The van der Waals surface area contributed by atoms with Gasteiger partial charge in [-0.3, -0.25) is 9.59 Å². The van der Waals surface area contributed by atoms with Gasteiger partial charge in [-0.05, 0) is 25.1 Å². The fourth-order valence-corrected chi connectivity index (χ4v) is 2.04. The average molecular weight is 282 g/mol. The number of carbonyl (C=O) groups is 2. The van der Waals surface area contributed by atoms with Crippen LogP contribution in [-0.2, 0) is 9.53 Å². The van der Waals surface area contributed by atoms with Crippen molar-refractivity contribution >= 4 is 17.6 Å². The summed E-state index contributed by atoms with van der Waals surface area (Å²) in [5, 5.41) is 11.7. The number of halogens is 1. The summed E-state index contributed by atoms with van der Waals surface area (Å²) in [6.07, 6.45) is 0. The highest BCUT2D eigenvalue weighted by atomic mass is 19.1. The molecule has 1 saturated heterocycles. The Bertz CT molecular complexity index is 563. The number of rotatable bonds is 3. The van der Waals surface area contributed by atoms with Gasteiger partial charge in [-0.1, -0.05) is 0 Å². The van der Waals surface area contributed by atoms with Crippen LogP contribution >= 0.6 is 0 Å². The van der Waals surface area contributed by atoms with E-state index in [-0.39, 0.29) is 24.5 Å². The molecule has 4 N–H and O–H groups in total. The predicted molar refractivity (Wildman–Crippen MR) is 68.6 cm³/mol. The lowest BCUT2D eigenvalue weighted by Crippen LogP contribution is -2.49. The summed E-state index contributed by atoms with van der Waals surface area (Å²) < 4.78 is 18.7. The molecule has 2 rings (SSSR count). The first-order chi connectivity index (χ1) is 9.34. The summed E-state index contributed by atoms with van der Waals surface area (Å²) in [7, 11) is 0. The van der Waals surface area contributed by atoms with Crippen molar-refractivity contribution in [1.82, 2.24) is 5.32 Å². The summed E-state index contributed by atoms with van der Waals surface area (Å²) >= 11 is 0. The number of benzene rings is 1. The van der Waals surface area contributed by atoms with Gasteiger partial charge in [-0.2, -0.15) is 0 Å². The minimum absolute atomic E-state index is 0.00248. The third-order valence-electron chi connectivity index (χ3n) is 3.49. The molecular weight excluding hydrogens is 267 g/mol. The zero-order valence-corrected chi connectivity index (χ0v) is 10.9. The van der Waals surface area contributed by atoms with E-state index in [0.717, 1.165) is 6.07 Å². The van der Waals surface area contributed by atoms with E-state index in [1.807, 2.05) is 0 Å². The number of carboxylic acid groups (broad SMARTS) is 1. The van der Waals surface area contributed by atoms with Crippen LogP contribution in [0.5, 0.6) is 0 Å². The van der Waals surface area contributed by atoms with Crippen LogP contribution in [0.4, 0.5) is 10.1 Å². The third kappa shape index (κ3) is 2.44. The molecule has 1 aliphatic rings. The number of amides is 1. The molecule has 1 aromatic rings. The zero-order chi connectivity index (χ0) is 14.9. The van der Waals surface area contributed by atoms with Gasteiger partial charge in [0, 0.05) is 5.69 Å². The lowest BCUT2D eigenvalue weighted by Gasteiger charge is -2.25. The second kappa shape index (κ2) is 5.09. The normalized spacial score (nSPS) is 25.4. The number of nitrogens with two attached hydrogens (primary N) is 1. The molecule has 0 spiro atoms. The van der Waals surface area contributed by atoms with E-state index in [9.17, 15) is 19.1 Å². The van der Waals surface area contributed by atoms with E-state index < -0.39 is 29.2 Å². The number of nitrogens with one attached hydrogen (secondary N) is 1. The van der Waals surface area contributed by atoms with Crippen LogP contribution in [0.3, 0.4) is 0 Å². The molecule has 2 atom stereocenters. The van der Waals surface area contributed by atoms with Crippen LogP contribution in [0.15, 0.2) is 18.2 Å². The highest BCUT2D eigenvalue weighted by molar-refractivity contribution is 5.95. The van der Waals surface area contributed by atoms with Crippen molar-refractivity contribution < 1.29 is 23.8 Å². The molecule has 1 fully saturated rings. The molecule has 1 heterocycles. The van der Waals surface area contributed by atoms with Crippen molar-refractivity contribution in [3.8, 4) is 0 Å². The number of hydrogen-bond donors (Lipinski definition) is 3. The third-order valence-corrected chi connectivity index (χ3v) is 3.49. The smallest absolute Gasteiger partial charge is 0.313 e. The number of carboxylic acids is 1. The Hall–Kier alpha value is -2.15. The van der Waals surface area contributed by atoms with Gasteiger partial charge in [-0.15, -0.1) is 0 Å². The van der Waals surface area contributed by atoms with Crippen LogP contribution < -0.4 is 11.1 Å². The summed E-state index contributed by atoms with van der Waals surface area (Å²) in [5.74, 6) is -2.51. The van der Waals surface area contributed by atoms with Gasteiger partial charge in [0.25, 0.3) is 5.91 Å². The van der Waals surface area contributed by atoms with Gasteiger partial charge in [0.05, 0.1) is 24.8 Å². The van der Waals surface area contributed by atoms with Gasteiger partial charge in [0.2, 0.25) is 0 Å². The minimum atomic E-state index is -1.22. The molecule has 2 unspecified atom stereocenters. The first kappa shape index (κ1) is 14.3. The lowest BCUT2D eigenvalue weighted by atomic mass is 9.85. The maximum atomic E-state index is 13.6. The maximum absolute atomic E-state index is 13.6. The fraction of sp³-hybridized carbons (Fsp3) is 0.385. The second-order valence-electron chi connectivity index (χ2n) is 5.00. The number of ether oxygens (including phenoxy) is 1. The quantitative estimate of drug-likeness (QED) is 0.706. The lowest BCUT2D eigenvalue weighted by molar-refractivity contribution is -0.148. The summed E-state index contributed by atoms with van der Waals surface area (Å²) in [6.45, 7) is 1.55. The molecule has 108 valence electrons. The number of aliphatic carboxylic acids is 1. The van der Waals surface area contributed by atoms with Gasteiger partial charge < -0.3 is 20.9 Å². The van der Waals surface area contributed by atoms with E-state index in [4.69, 9.17) is 10.5 Å². The van der Waals surface area contributed by atoms with E-state index >= 15 is 0 Å². The standard InChI is InChI=1S/C13H15FN2O4/c1-13(12(18)19)6-20-5-10(13)16-11(17)8-3-2-7(15)4-9(8)14/h2-4,10H,5-6,15H2,1H3,(H,16,17)(H,18,19). The van der Waals surface area contributed by atoms with Crippen molar-refractivity contribution in [2.75, 3.05) is 18.9 Å². The van der Waals surface area contributed by atoms with Gasteiger partial charge >= 0.3 is 5.97 Å². The fourth-order valence-electron chi connectivity index (χ4n) is 2.04. The largest absolute Gasteiger partial charge is 0.481 e. The molecule has 0 radical (unpaired) electrons. The molecule has 0 aliphatic carbocycles. The zero-order valence-electron chi connectivity index (χ0n) is 10.9. The van der Waals surface area contributed by atoms with Gasteiger partial charge in [0.1, 0.15) is 11.2 Å². The molecule has 20 heavy (non-hydrogen) atoms. The van der Waals surface area contributed by atoms with E-state index in [0.29, 0.717) is 0 Å². The Kier molecular flexibility index (Phi) is 3.63. The molecular formula is C13H15FN2O4. The van der Waals surface area contributed by atoms with E-state index in [1.54, 1.807) is 0 Å². The Balaban J connectivity index is 2.17. The molecule has 6 nitrogen and oxygen atoms in total. The topological polar surface area (TPSA) is 102 Å². The van der Waals surface area contributed by atoms with Crippen LogP contribution in [0.25, 0.3) is 0 Å². The molecule has 1 amide bonds. The number of nitrogen functional groups attached to an aromatic ring is 1. The predicted octanol–water partition coefficient (Wildman–Crippen LogP) is 0.627. The molecule has 1 aromatic carbocycles. The average Bonchev–Trinajstić information content (AvgIpc) is 2.72. The van der Waals surface area contributed by atoms with Crippen molar-refractivity contribution in [3.05, 3.63) is 29.6 Å². The SMILES string of the molecule is CC1(C(=O)O)COCC1NC(=O)c1ccc(N)cc1F. The van der Waals surface area contributed by atoms with Gasteiger partial charge in [0.15, 0.2) is 0 Å². The Morgan fingerprint density at radius 3 is 2.85 bits per heavy atom. The summed E-state index contributed by atoms with van der Waals surface area (Å²) in [6, 6.07) is 2.98. The first-order valence-electron chi connectivity index (χ1n) is 6.01. The summed E-state index contributed by atoms with van der Waals surface area (Å²) in [5.41, 5.74) is 4.21. The van der Waals surface area contributed by atoms with Crippen molar-refractivity contribution in [3.63, 3.8) is 0 Å². The van der Waals surface area contributed by atoms with Crippen LogP contribution in [0.1, 0.15) is 17.3 Å². The summed E-state index contributed by atoms with van der Waals surface area (Å²) in [4.78, 5) is 23.2. The number of carbonyl (C=O) groups excluding carboxylic acids is 1. The Morgan fingerprint density at radius 2 is 2.25 bits per heavy atom. The van der Waals surface area contributed by atoms with E-state index in [2.05, 4.69) is 5.32 Å². The maximum Gasteiger partial charge on any atom is 0.313 e. The monoisotopic (exact) mass is 282 g/mol. The van der Waals surface area contributed by atoms with Gasteiger partial charge in [-0.25, -0.2) is 4.39 Å². The molecule has 7 heteroatoms. The first-order valence-corrected chi connectivity index (χ1v) is 6.01. The van der Waals surface area contributed by atoms with Crippen molar-refractivity contribution in [2.24, 2.45) is 5.41 Å². The van der Waals surface area contributed by atoms with Crippen molar-refractivity contribution in [2.45, 2.75) is 13.0 Å². The Morgan fingerprint density at radius 1 is 1.55 bits per heavy atom. The highest BCUT2D eigenvalue weighted by Crippen LogP contribution is 2.29. The van der Waals surface area contributed by atoms with Crippen LogP contribution in [-0.4, -0.2) is 36.2 Å². The highest BCUT2D eigenvalue weighted by Gasteiger charge is 2.47. The van der Waals surface area contributed by atoms with Crippen molar-refractivity contribution in [1.29, 1.82) is 0 Å². The second-order valence-corrected chi connectivity index (χ2v) is 5.00. The van der Waals surface area contributed by atoms with E-state index in [1.165, 1.54) is 19.1 Å².